The quantitative estimate of drug-likeness (QED) is 0.844. The molecule has 0 fully saturated rings. The third-order valence-corrected chi connectivity index (χ3v) is 2.70. The number of aliphatic carboxylic acids is 1. The maximum atomic E-state index is 12.0. The number of ether oxygens (including phenoxy) is 1. The van der Waals surface area contributed by atoms with E-state index >= 15 is 0 Å². The number of methoxy groups -OCH3 is 1. The van der Waals surface area contributed by atoms with Gasteiger partial charge in [0, 0.05) is 6.07 Å². The number of fused-ring (bicyclic) bond motifs is 1. The van der Waals surface area contributed by atoms with Crippen molar-refractivity contribution in [2.24, 2.45) is 0 Å². The number of carboxylic acid groups (broad SMARTS) is 1. The maximum Gasteiger partial charge on any atom is 0.323 e. The Morgan fingerprint density at radius 1 is 1.56 bits per heavy atom. The van der Waals surface area contributed by atoms with Crippen LogP contribution in [-0.4, -0.2) is 27.7 Å². The predicted octanol–water partition coefficient (Wildman–Crippen LogP) is 1.14. The first-order chi connectivity index (χ1) is 8.52. The van der Waals surface area contributed by atoms with Gasteiger partial charge >= 0.3 is 5.97 Å². The van der Waals surface area contributed by atoms with Gasteiger partial charge in [-0.25, -0.2) is 4.98 Å². The molecule has 0 bridgehead atoms. The van der Waals surface area contributed by atoms with Crippen molar-refractivity contribution < 1.29 is 14.6 Å². The molecule has 0 aliphatic rings. The van der Waals surface area contributed by atoms with Gasteiger partial charge in [0.2, 0.25) is 5.28 Å². The molecular weight excluding hydrogens is 260 g/mol. The van der Waals surface area contributed by atoms with Crippen molar-refractivity contribution in [3.63, 3.8) is 0 Å². The van der Waals surface area contributed by atoms with E-state index in [4.69, 9.17) is 21.4 Å². The number of hydrogen-bond donors (Lipinski definition) is 1. The van der Waals surface area contributed by atoms with Gasteiger partial charge in [-0.05, 0) is 23.7 Å². The summed E-state index contributed by atoms with van der Waals surface area (Å²) >= 11 is 5.80. The highest BCUT2D eigenvalue weighted by atomic mass is 35.5. The van der Waals surface area contributed by atoms with Gasteiger partial charge < -0.3 is 9.84 Å². The Balaban J connectivity index is 2.71. The molecule has 0 atom stereocenters. The van der Waals surface area contributed by atoms with E-state index in [2.05, 4.69) is 4.98 Å². The Labute approximate surface area is 106 Å². The zero-order chi connectivity index (χ0) is 13.3. The highest BCUT2D eigenvalue weighted by Gasteiger charge is 2.12. The summed E-state index contributed by atoms with van der Waals surface area (Å²) < 4.78 is 5.91. The van der Waals surface area contributed by atoms with Crippen LogP contribution in [0.1, 0.15) is 0 Å². The lowest BCUT2D eigenvalue weighted by Gasteiger charge is -2.07. The molecular formula is C11H9ClN2O4. The van der Waals surface area contributed by atoms with E-state index in [9.17, 15) is 9.59 Å². The third kappa shape index (κ3) is 2.14. The lowest BCUT2D eigenvalue weighted by atomic mass is 10.2. The van der Waals surface area contributed by atoms with Crippen molar-refractivity contribution in [3.8, 4) is 5.75 Å². The van der Waals surface area contributed by atoms with E-state index in [0.29, 0.717) is 16.7 Å². The summed E-state index contributed by atoms with van der Waals surface area (Å²) in [4.78, 5) is 26.6. The molecule has 7 heteroatoms. The van der Waals surface area contributed by atoms with Crippen molar-refractivity contribution >= 4 is 28.5 Å². The minimum atomic E-state index is -1.16. The fraction of sp³-hybridized carbons (Fsp3) is 0.182. The molecule has 0 aliphatic heterocycles. The van der Waals surface area contributed by atoms with Crippen LogP contribution < -0.4 is 10.3 Å². The molecule has 94 valence electrons. The van der Waals surface area contributed by atoms with Crippen molar-refractivity contribution in [2.75, 3.05) is 7.11 Å². The van der Waals surface area contributed by atoms with Crippen LogP contribution in [0.4, 0.5) is 0 Å². The molecule has 18 heavy (non-hydrogen) atoms. The Morgan fingerprint density at radius 2 is 2.28 bits per heavy atom. The largest absolute Gasteiger partial charge is 0.497 e. The average molecular weight is 269 g/mol. The Kier molecular flexibility index (Phi) is 3.20. The van der Waals surface area contributed by atoms with E-state index in [0.717, 1.165) is 4.57 Å². The van der Waals surface area contributed by atoms with E-state index in [1.807, 2.05) is 0 Å². The van der Waals surface area contributed by atoms with Gasteiger partial charge in [-0.2, -0.15) is 0 Å². The molecule has 0 saturated heterocycles. The number of aromatic nitrogens is 2. The second kappa shape index (κ2) is 4.66. The molecule has 0 saturated carbocycles. The van der Waals surface area contributed by atoms with Crippen molar-refractivity contribution in [3.05, 3.63) is 33.8 Å². The van der Waals surface area contributed by atoms with Gasteiger partial charge in [-0.15, -0.1) is 0 Å². The van der Waals surface area contributed by atoms with Crippen molar-refractivity contribution in [2.45, 2.75) is 6.54 Å². The van der Waals surface area contributed by atoms with Crippen LogP contribution in [0, 0.1) is 0 Å². The minimum Gasteiger partial charge on any atom is -0.497 e. The predicted molar refractivity (Wildman–Crippen MR) is 65.2 cm³/mol. The first-order valence-corrected chi connectivity index (χ1v) is 5.36. The normalized spacial score (nSPS) is 10.6. The molecule has 0 unspecified atom stereocenters. The van der Waals surface area contributed by atoms with Crippen LogP contribution >= 0.6 is 11.6 Å². The third-order valence-electron chi connectivity index (χ3n) is 2.41. The average Bonchev–Trinajstić information content (AvgIpc) is 2.33. The fourth-order valence-electron chi connectivity index (χ4n) is 1.57. The zero-order valence-electron chi connectivity index (χ0n) is 9.38. The number of nitrogens with zero attached hydrogens (tertiary/aromatic N) is 2. The molecule has 1 N–H and O–H groups in total. The van der Waals surface area contributed by atoms with Gasteiger partial charge in [0.05, 0.1) is 18.0 Å². The smallest absolute Gasteiger partial charge is 0.323 e. The summed E-state index contributed by atoms with van der Waals surface area (Å²) in [6.45, 7) is -0.521. The number of carbonyl (C=O) groups is 1. The lowest BCUT2D eigenvalue weighted by molar-refractivity contribution is -0.137. The molecule has 0 radical (unpaired) electrons. The number of rotatable bonds is 3. The molecule has 6 nitrogen and oxygen atoms in total. The minimum absolute atomic E-state index is 0.164. The fourth-order valence-corrected chi connectivity index (χ4v) is 1.80. The van der Waals surface area contributed by atoms with Crippen molar-refractivity contribution in [1.29, 1.82) is 0 Å². The first kappa shape index (κ1) is 12.4. The van der Waals surface area contributed by atoms with Crippen LogP contribution in [0.2, 0.25) is 5.28 Å². The summed E-state index contributed by atoms with van der Waals surface area (Å²) in [6.07, 6.45) is 0. The molecule has 1 heterocycles. The summed E-state index contributed by atoms with van der Waals surface area (Å²) in [7, 11) is 1.49. The molecule has 2 aromatic rings. The topological polar surface area (TPSA) is 81.4 Å². The van der Waals surface area contributed by atoms with E-state index < -0.39 is 18.1 Å². The lowest BCUT2D eigenvalue weighted by Crippen LogP contribution is -2.25. The van der Waals surface area contributed by atoms with Gasteiger partial charge in [0.15, 0.2) is 0 Å². The van der Waals surface area contributed by atoms with Gasteiger partial charge in [-0.1, -0.05) is 0 Å². The summed E-state index contributed by atoms with van der Waals surface area (Å²) in [5.41, 5.74) is -0.124. The second-order valence-corrected chi connectivity index (χ2v) is 3.89. The summed E-state index contributed by atoms with van der Waals surface area (Å²) in [5.74, 6) is -0.616. The molecule has 1 aromatic heterocycles. The number of benzene rings is 1. The van der Waals surface area contributed by atoms with E-state index in [1.165, 1.54) is 13.2 Å². The maximum absolute atomic E-state index is 12.0. The van der Waals surface area contributed by atoms with Crippen molar-refractivity contribution in [1.82, 2.24) is 9.55 Å². The highest BCUT2D eigenvalue weighted by Crippen LogP contribution is 2.18. The van der Waals surface area contributed by atoms with Gasteiger partial charge in [0.1, 0.15) is 12.3 Å². The Morgan fingerprint density at radius 3 is 2.89 bits per heavy atom. The Bertz CT molecular complexity index is 681. The van der Waals surface area contributed by atoms with Gasteiger partial charge in [-0.3, -0.25) is 14.2 Å². The van der Waals surface area contributed by atoms with E-state index in [1.54, 1.807) is 12.1 Å². The zero-order valence-corrected chi connectivity index (χ0v) is 10.1. The number of hydrogen-bond acceptors (Lipinski definition) is 4. The van der Waals surface area contributed by atoms with E-state index in [-0.39, 0.29) is 5.28 Å². The second-order valence-electron chi connectivity index (χ2n) is 3.55. The van der Waals surface area contributed by atoms with Crippen LogP contribution in [-0.2, 0) is 11.3 Å². The number of carboxylic acids is 1. The number of halogens is 1. The highest BCUT2D eigenvalue weighted by molar-refractivity contribution is 6.28. The SMILES string of the molecule is COc1ccc2c(=O)n(CC(=O)O)c(Cl)nc2c1. The van der Waals surface area contributed by atoms with Crippen LogP contribution in [0.15, 0.2) is 23.0 Å². The Hall–Kier alpha value is -2.08. The summed E-state index contributed by atoms with van der Waals surface area (Å²) in [6, 6.07) is 4.69. The van der Waals surface area contributed by atoms with Crippen LogP contribution in [0.5, 0.6) is 5.75 Å². The standard InChI is InChI=1S/C11H9ClN2O4/c1-18-6-2-3-7-8(4-6)13-11(12)14(10(7)17)5-9(15)16/h2-4H,5H2,1H3,(H,15,16). The summed E-state index contributed by atoms with van der Waals surface area (Å²) in [5, 5.41) is 8.83. The molecule has 1 aromatic carbocycles. The first-order valence-electron chi connectivity index (χ1n) is 4.99. The molecule has 0 amide bonds. The molecule has 0 spiro atoms. The molecule has 2 rings (SSSR count). The monoisotopic (exact) mass is 268 g/mol. The molecule has 0 aliphatic carbocycles. The van der Waals surface area contributed by atoms with Crippen LogP contribution in [0.25, 0.3) is 10.9 Å². The van der Waals surface area contributed by atoms with Crippen LogP contribution in [0.3, 0.4) is 0 Å². The van der Waals surface area contributed by atoms with Gasteiger partial charge in [0.25, 0.3) is 5.56 Å².